The fraction of sp³-hybridized carbons (Fsp3) is 0.128. The van der Waals surface area contributed by atoms with Gasteiger partial charge in [-0.25, -0.2) is 0 Å². The molecule has 2 aliphatic carbocycles. The van der Waals surface area contributed by atoms with Crippen LogP contribution < -0.4 is 4.90 Å². The van der Waals surface area contributed by atoms with Crippen LogP contribution in [-0.4, -0.2) is 10.6 Å². The zero-order valence-corrected chi connectivity index (χ0v) is 23.8. The minimum Gasteiger partial charge on any atom is -0.333 e. The van der Waals surface area contributed by atoms with Gasteiger partial charge in [0.15, 0.2) is 0 Å². The van der Waals surface area contributed by atoms with Gasteiger partial charge < -0.3 is 9.47 Å². The van der Waals surface area contributed by atoms with Crippen molar-refractivity contribution in [1.82, 2.24) is 4.57 Å². The Hall–Kier alpha value is -5.58. The van der Waals surface area contributed by atoms with E-state index in [0.717, 1.165) is 34.8 Å². The maximum atomic E-state index is 9.70. The molecule has 0 spiro atoms. The summed E-state index contributed by atoms with van der Waals surface area (Å²) in [7, 11) is 0. The zero-order valence-electron chi connectivity index (χ0n) is 23.8. The van der Waals surface area contributed by atoms with Gasteiger partial charge in [0.2, 0.25) is 0 Å². The van der Waals surface area contributed by atoms with Gasteiger partial charge in [-0.3, -0.25) is 0 Å². The summed E-state index contributed by atoms with van der Waals surface area (Å²) in [5, 5.41) is 21.6. The molecule has 4 nitrogen and oxygen atoms in total. The van der Waals surface area contributed by atoms with E-state index in [4.69, 9.17) is 0 Å². The lowest BCUT2D eigenvalue weighted by Crippen LogP contribution is -2.39. The molecular weight excluding hydrogens is 524 g/mol. The molecule has 0 bridgehead atoms. The SMILES string of the molecule is CC12C=CC(c3cccc4c5cc(C#N)ccc5n(C5=CC=CCC5)c34)=CC1N(c1cccc(C#N)c1)c1ccccc12. The number of para-hydroxylation sites is 2. The average molecular weight is 553 g/mol. The molecule has 3 aliphatic rings. The third kappa shape index (κ3) is 3.67. The smallest absolute Gasteiger partial charge is 0.0992 e. The van der Waals surface area contributed by atoms with Crippen molar-refractivity contribution < 1.29 is 0 Å². The Morgan fingerprint density at radius 1 is 0.860 bits per heavy atom. The van der Waals surface area contributed by atoms with Crippen LogP contribution in [0.25, 0.3) is 33.1 Å². The molecule has 204 valence electrons. The Kier molecular flexibility index (Phi) is 5.55. The maximum absolute atomic E-state index is 9.70. The van der Waals surface area contributed by atoms with E-state index in [2.05, 4.69) is 120 Å². The lowest BCUT2D eigenvalue weighted by Gasteiger charge is -2.36. The van der Waals surface area contributed by atoms with Gasteiger partial charge in [0.25, 0.3) is 0 Å². The van der Waals surface area contributed by atoms with Gasteiger partial charge in [0, 0.05) is 38.8 Å². The van der Waals surface area contributed by atoms with Crippen LogP contribution in [0.15, 0.2) is 121 Å². The number of rotatable bonds is 3. The van der Waals surface area contributed by atoms with Gasteiger partial charge in [-0.15, -0.1) is 0 Å². The Morgan fingerprint density at radius 2 is 1.70 bits per heavy atom. The van der Waals surface area contributed by atoms with E-state index in [1.807, 2.05) is 30.3 Å². The predicted molar refractivity (Wildman–Crippen MR) is 175 cm³/mol. The number of hydrogen-bond donors (Lipinski definition) is 0. The molecule has 0 saturated carbocycles. The Balaban J connectivity index is 1.38. The summed E-state index contributed by atoms with van der Waals surface area (Å²) in [6, 6.07) is 33.8. The summed E-state index contributed by atoms with van der Waals surface area (Å²) in [5.74, 6) is 0. The van der Waals surface area contributed by atoms with Crippen molar-refractivity contribution in [1.29, 1.82) is 10.5 Å². The summed E-state index contributed by atoms with van der Waals surface area (Å²) < 4.78 is 2.41. The lowest BCUT2D eigenvalue weighted by atomic mass is 9.74. The van der Waals surface area contributed by atoms with Crippen molar-refractivity contribution >= 4 is 44.5 Å². The minimum absolute atomic E-state index is 0.0222. The highest BCUT2D eigenvalue weighted by Crippen LogP contribution is 2.53. The van der Waals surface area contributed by atoms with Gasteiger partial charge in [-0.05, 0) is 79.4 Å². The molecule has 0 amide bonds. The fourth-order valence-electron chi connectivity index (χ4n) is 7.29. The quantitative estimate of drug-likeness (QED) is 0.224. The fourth-order valence-corrected chi connectivity index (χ4v) is 7.29. The standard InChI is InChI=1S/C39H28N4/c1-39-20-19-28(23-37(39)42(36-16-6-5-15-34(36)39)30-12-7-9-26(21-30)24-40)31-13-8-14-32-33-22-27(25-41)17-18-35(33)43(38(31)32)29-10-3-2-4-11-29/h2-3,5-10,12-23,37H,4,11H2,1H3. The molecule has 0 radical (unpaired) electrons. The van der Waals surface area contributed by atoms with Crippen molar-refractivity contribution in [3.8, 4) is 12.1 Å². The van der Waals surface area contributed by atoms with Crippen LogP contribution in [0.4, 0.5) is 11.4 Å². The highest BCUT2D eigenvalue weighted by atomic mass is 15.2. The van der Waals surface area contributed by atoms with Gasteiger partial charge in [-0.1, -0.05) is 72.8 Å². The molecule has 0 saturated heterocycles. The van der Waals surface area contributed by atoms with Crippen molar-refractivity contribution in [2.45, 2.75) is 31.2 Å². The van der Waals surface area contributed by atoms with Crippen molar-refractivity contribution in [3.05, 3.63) is 144 Å². The summed E-state index contributed by atoms with van der Waals surface area (Å²) in [5.41, 5.74) is 10.4. The normalized spacial score (nSPS) is 20.3. The second kappa shape index (κ2) is 9.48. The summed E-state index contributed by atoms with van der Waals surface area (Å²) in [6.07, 6.45) is 15.6. The maximum Gasteiger partial charge on any atom is 0.0992 e. The molecule has 5 aromatic rings. The van der Waals surface area contributed by atoms with Crippen molar-refractivity contribution in [2.75, 3.05) is 4.90 Å². The van der Waals surface area contributed by atoms with E-state index in [1.165, 1.54) is 33.6 Å². The first kappa shape index (κ1) is 25.2. The molecule has 0 N–H and O–H groups in total. The van der Waals surface area contributed by atoms with Crippen LogP contribution >= 0.6 is 0 Å². The number of anilines is 2. The van der Waals surface area contributed by atoms with E-state index in [-0.39, 0.29) is 11.5 Å². The second-order valence-corrected chi connectivity index (χ2v) is 11.7. The monoisotopic (exact) mass is 552 g/mol. The Labute approximate surface area is 251 Å². The first-order chi connectivity index (χ1) is 21.1. The third-order valence-corrected chi connectivity index (χ3v) is 9.34. The van der Waals surface area contributed by atoms with Crippen LogP contribution in [-0.2, 0) is 5.41 Å². The first-order valence-electron chi connectivity index (χ1n) is 14.7. The Morgan fingerprint density at radius 3 is 2.53 bits per heavy atom. The minimum atomic E-state index is -0.234. The number of benzene rings is 4. The molecule has 1 aliphatic heterocycles. The molecule has 4 heteroatoms. The largest absolute Gasteiger partial charge is 0.333 e. The number of nitrogens with zero attached hydrogens (tertiary/aromatic N) is 4. The number of aromatic nitrogens is 1. The van der Waals surface area contributed by atoms with Crippen LogP contribution in [0.3, 0.4) is 0 Å². The number of fused-ring (bicyclic) bond motifs is 6. The molecule has 4 aromatic carbocycles. The molecule has 43 heavy (non-hydrogen) atoms. The number of nitriles is 2. The second-order valence-electron chi connectivity index (χ2n) is 11.7. The third-order valence-electron chi connectivity index (χ3n) is 9.34. The molecule has 2 unspecified atom stereocenters. The topological polar surface area (TPSA) is 55.8 Å². The number of hydrogen-bond acceptors (Lipinski definition) is 3. The van der Waals surface area contributed by atoms with E-state index in [0.29, 0.717) is 11.1 Å². The molecule has 1 aromatic heterocycles. The predicted octanol–water partition coefficient (Wildman–Crippen LogP) is 9.16. The molecule has 0 fully saturated rings. The Bertz CT molecular complexity index is 2190. The molecule has 2 atom stereocenters. The van der Waals surface area contributed by atoms with Gasteiger partial charge in [0.05, 0.1) is 40.3 Å². The lowest BCUT2D eigenvalue weighted by molar-refractivity contribution is 0.552. The van der Waals surface area contributed by atoms with Crippen molar-refractivity contribution in [2.24, 2.45) is 0 Å². The highest BCUT2D eigenvalue weighted by Gasteiger charge is 2.47. The van der Waals surface area contributed by atoms with Crippen LogP contribution in [0.5, 0.6) is 0 Å². The average Bonchev–Trinajstić information content (AvgIpc) is 3.54. The van der Waals surface area contributed by atoms with Crippen LogP contribution in [0, 0.1) is 22.7 Å². The van der Waals surface area contributed by atoms with E-state index >= 15 is 0 Å². The van der Waals surface area contributed by atoms with Crippen molar-refractivity contribution in [3.63, 3.8) is 0 Å². The first-order valence-corrected chi connectivity index (χ1v) is 14.7. The zero-order chi connectivity index (χ0) is 29.1. The van der Waals surface area contributed by atoms with Gasteiger partial charge in [0.1, 0.15) is 0 Å². The number of allylic oxidation sites excluding steroid dienone is 6. The van der Waals surface area contributed by atoms with Crippen LogP contribution in [0.1, 0.15) is 42.0 Å². The van der Waals surface area contributed by atoms with Gasteiger partial charge in [-0.2, -0.15) is 10.5 Å². The molecule has 8 rings (SSSR count). The van der Waals surface area contributed by atoms with E-state index in [9.17, 15) is 10.5 Å². The molecular formula is C39H28N4. The van der Waals surface area contributed by atoms with E-state index in [1.54, 1.807) is 0 Å². The highest BCUT2D eigenvalue weighted by molar-refractivity contribution is 6.14. The van der Waals surface area contributed by atoms with Crippen LogP contribution in [0.2, 0.25) is 0 Å². The summed E-state index contributed by atoms with van der Waals surface area (Å²) in [6.45, 7) is 2.31. The molecule has 2 heterocycles. The van der Waals surface area contributed by atoms with Gasteiger partial charge >= 0.3 is 0 Å². The van der Waals surface area contributed by atoms with E-state index < -0.39 is 0 Å². The summed E-state index contributed by atoms with van der Waals surface area (Å²) in [4.78, 5) is 2.39. The summed E-state index contributed by atoms with van der Waals surface area (Å²) >= 11 is 0.